The second kappa shape index (κ2) is 10.4. The Labute approximate surface area is 182 Å². The lowest BCUT2D eigenvalue weighted by molar-refractivity contribution is 0.0219. The van der Waals surface area contributed by atoms with Gasteiger partial charge >= 0.3 is 6.09 Å². The Morgan fingerprint density at radius 1 is 1.03 bits per heavy atom. The first-order valence-corrected chi connectivity index (χ1v) is 11.5. The largest absolute Gasteiger partial charge is 0.494 e. The van der Waals surface area contributed by atoms with Gasteiger partial charge in [-0.05, 0) is 84.3 Å². The van der Waals surface area contributed by atoms with Crippen molar-refractivity contribution in [1.82, 2.24) is 9.80 Å². The summed E-state index contributed by atoms with van der Waals surface area (Å²) in [7, 11) is 0. The van der Waals surface area contributed by atoms with E-state index in [1.54, 1.807) is 0 Å². The van der Waals surface area contributed by atoms with Crippen molar-refractivity contribution in [3.63, 3.8) is 0 Å². The Kier molecular flexibility index (Phi) is 7.87. The molecule has 0 aromatic heterocycles. The van der Waals surface area contributed by atoms with Gasteiger partial charge in [-0.1, -0.05) is 6.42 Å². The fraction of sp³-hybridized carbons (Fsp3) is 0.708. The highest BCUT2D eigenvalue weighted by Gasteiger charge is 2.29. The number of piperidine rings is 1. The number of anilines is 1. The van der Waals surface area contributed by atoms with Crippen LogP contribution in [0.1, 0.15) is 53.4 Å². The molecule has 1 amide bonds. The van der Waals surface area contributed by atoms with Crippen LogP contribution in [0.15, 0.2) is 24.3 Å². The van der Waals surface area contributed by atoms with Crippen LogP contribution in [0, 0.1) is 0 Å². The molecule has 0 saturated carbocycles. The van der Waals surface area contributed by atoms with Crippen molar-refractivity contribution in [2.24, 2.45) is 0 Å². The van der Waals surface area contributed by atoms with Crippen LogP contribution in [-0.4, -0.2) is 73.4 Å². The third-order valence-electron chi connectivity index (χ3n) is 5.78. The zero-order chi connectivity index (χ0) is 21.6. The number of carbonyl (C=O) groups excluding carboxylic acids is 1. The molecule has 6 nitrogen and oxygen atoms in total. The lowest BCUT2D eigenvalue weighted by Crippen LogP contribution is -2.54. The maximum atomic E-state index is 12.3. The van der Waals surface area contributed by atoms with Crippen LogP contribution in [0.4, 0.5) is 10.5 Å². The second-order valence-electron chi connectivity index (χ2n) is 9.57. The molecule has 2 aliphatic rings. The molecule has 0 radical (unpaired) electrons. The Bertz CT molecular complexity index is 665. The number of rotatable bonds is 6. The highest BCUT2D eigenvalue weighted by molar-refractivity contribution is 5.69. The van der Waals surface area contributed by atoms with E-state index in [4.69, 9.17) is 9.47 Å². The summed E-state index contributed by atoms with van der Waals surface area (Å²) in [6.45, 7) is 14.4. The standard InChI is InChI=1S/C24H39N3O3/c1-20-19-26(23(28)30-24(2,3)4)16-17-27(20)21-9-11-22(12-10-21)29-18-8-15-25-13-6-5-7-14-25/h9-12,20H,5-8,13-19H2,1-4H3/t20-/m1/s1. The molecule has 0 unspecified atom stereocenters. The van der Waals surface area contributed by atoms with Gasteiger partial charge in [0.1, 0.15) is 11.4 Å². The molecule has 1 aromatic rings. The van der Waals surface area contributed by atoms with Crippen molar-refractivity contribution in [2.45, 2.75) is 65.0 Å². The number of nitrogens with zero attached hydrogens (tertiary/aromatic N) is 3. The predicted molar refractivity (Wildman–Crippen MR) is 121 cm³/mol. The van der Waals surface area contributed by atoms with Crippen molar-refractivity contribution in [2.75, 3.05) is 50.8 Å². The van der Waals surface area contributed by atoms with Gasteiger partial charge in [0.05, 0.1) is 6.61 Å². The molecule has 2 heterocycles. The molecular formula is C24H39N3O3. The van der Waals surface area contributed by atoms with Gasteiger partial charge in [0.25, 0.3) is 0 Å². The normalized spacial score (nSPS) is 20.9. The lowest BCUT2D eigenvalue weighted by Gasteiger charge is -2.41. The van der Waals surface area contributed by atoms with E-state index in [1.165, 1.54) is 38.0 Å². The van der Waals surface area contributed by atoms with Gasteiger partial charge in [-0.3, -0.25) is 0 Å². The van der Waals surface area contributed by atoms with Gasteiger partial charge in [0.15, 0.2) is 0 Å². The number of benzene rings is 1. The Hall–Kier alpha value is -1.95. The number of amides is 1. The minimum atomic E-state index is -0.457. The zero-order valence-corrected chi connectivity index (χ0v) is 19.2. The van der Waals surface area contributed by atoms with Crippen LogP contribution in [0.25, 0.3) is 0 Å². The Balaban J connectivity index is 1.42. The Morgan fingerprint density at radius 3 is 2.37 bits per heavy atom. The summed E-state index contributed by atoms with van der Waals surface area (Å²) < 4.78 is 11.5. The summed E-state index contributed by atoms with van der Waals surface area (Å²) in [4.78, 5) is 19.0. The second-order valence-corrected chi connectivity index (χ2v) is 9.57. The SMILES string of the molecule is C[C@@H]1CN(C(=O)OC(C)(C)C)CCN1c1ccc(OCCCN2CCCCC2)cc1. The average Bonchev–Trinajstić information content (AvgIpc) is 2.71. The molecule has 0 N–H and O–H groups in total. The molecule has 2 saturated heterocycles. The van der Waals surface area contributed by atoms with Crippen LogP contribution >= 0.6 is 0 Å². The van der Waals surface area contributed by atoms with E-state index < -0.39 is 5.60 Å². The van der Waals surface area contributed by atoms with Crippen LogP contribution in [-0.2, 0) is 4.74 Å². The fourth-order valence-electron chi connectivity index (χ4n) is 4.23. The van der Waals surface area contributed by atoms with Gasteiger partial charge in [0, 0.05) is 37.9 Å². The molecule has 168 valence electrons. The molecular weight excluding hydrogens is 378 g/mol. The topological polar surface area (TPSA) is 45.3 Å². The first kappa shape index (κ1) is 22.7. The number of likely N-dealkylation sites (tertiary alicyclic amines) is 1. The molecule has 0 aliphatic carbocycles. The number of carbonyl (C=O) groups is 1. The number of hydrogen-bond acceptors (Lipinski definition) is 5. The molecule has 0 bridgehead atoms. The maximum absolute atomic E-state index is 12.3. The molecule has 1 aromatic carbocycles. The maximum Gasteiger partial charge on any atom is 0.410 e. The molecule has 2 aliphatic heterocycles. The highest BCUT2D eigenvalue weighted by atomic mass is 16.6. The summed E-state index contributed by atoms with van der Waals surface area (Å²) in [6, 6.07) is 8.61. The number of hydrogen-bond donors (Lipinski definition) is 0. The highest BCUT2D eigenvalue weighted by Crippen LogP contribution is 2.24. The summed E-state index contributed by atoms with van der Waals surface area (Å²) in [6.07, 6.45) is 4.92. The summed E-state index contributed by atoms with van der Waals surface area (Å²) in [5.74, 6) is 0.928. The average molecular weight is 418 g/mol. The molecule has 3 rings (SSSR count). The van der Waals surface area contributed by atoms with E-state index in [0.29, 0.717) is 13.1 Å². The van der Waals surface area contributed by atoms with Crippen molar-refractivity contribution in [3.05, 3.63) is 24.3 Å². The minimum Gasteiger partial charge on any atom is -0.494 e. The predicted octanol–water partition coefficient (Wildman–Crippen LogP) is 4.39. The van der Waals surface area contributed by atoms with Gasteiger partial charge in [0.2, 0.25) is 0 Å². The lowest BCUT2D eigenvalue weighted by atomic mass is 10.1. The van der Waals surface area contributed by atoms with Crippen LogP contribution in [0.3, 0.4) is 0 Å². The van der Waals surface area contributed by atoms with E-state index in [0.717, 1.165) is 31.9 Å². The third-order valence-corrected chi connectivity index (χ3v) is 5.78. The number of piperazine rings is 1. The molecule has 30 heavy (non-hydrogen) atoms. The van der Waals surface area contributed by atoms with E-state index in [-0.39, 0.29) is 12.1 Å². The van der Waals surface area contributed by atoms with Crippen LogP contribution in [0.2, 0.25) is 0 Å². The van der Waals surface area contributed by atoms with Crippen molar-refractivity contribution in [3.8, 4) is 5.75 Å². The van der Waals surface area contributed by atoms with Gasteiger partial charge < -0.3 is 24.2 Å². The van der Waals surface area contributed by atoms with Crippen molar-refractivity contribution < 1.29 is 14.3 Å². The van der Waals surface area contributed by atoms with Crippen LogP contribution in [0.5, 0.6) is 5.75 Å². The van der Waals surface area contributed by atoms with Gasteiger partial charge in [-0.25, -0.2) is 4.79 Å². The molecule has 1 atom stereocenters. The number of ether oxygens (including phenoxy) is 2. The van der Waals surface area contributed by atoms with E-state index in [9.17, 15) is 4.79 Å². The smallest absolute Gasteiger partial charge is 0.410 e. The summed E-state index contributed by atoms with van der Waals surface area (Å²) >= 11 is 0. The van der Waals surface area contributed by atoms with E-state index in [2.05, 4.69) is 41.0 Å². The van der Waals surface area contributed by atoms with Gasteiger partial charge in [-0.15, -0.1) is 0 Å². The van der Waals surface area contributed by atoms with Crippen molar-refractivity contribution in [1.29, 1.82) is 0 Å². The molecule has 6 heteroatoms. The summed E-state index contributed by atoms with van der Waals surface area (Å²) in [5, 5.41) is 0. The van der Waals surface area contributed by atoms with Crippen LogP contribution < -0.4 is 9.64 Å². The van der Waals surface area contributed by atoms with Crippen molar-refractivity contribution >= 4 is 11.8 Å². The molecule has 2 fully saturated rings. The first-order valence-electron chi connectivity index (χ1n) is 11.5. The Morgan fingerprint density at radius 2 is 1.73 bits per heavy atom. The summed E-state index contributed by atoms with van der Waals surface area (Å²) in [5.41, 5.74) is 0.716. The third kappa shape index (κ3) is 6.79. The minimum absolute atomic E-state index is 0.220. The first-order chi connectivity index (χ1) is 14.3. The fourth-order valence-corrected chi connectivity index (χ4v) is 4.23. The zero-order valence-electron chi connectivity index (χ0n) is 19.2. The quantitative estimate of drug-likeness (QED) is 0.643. The van der Waals surface area contributed by atoms with E-state index >= 15 is 0 Å². The molecule has 0 spiro atoms. The van der Waals surface area contributed by atoms with Gasteiger partial charge in [-0.2, -0.15) is 0 Å². The monoisotopic (exact) mass is 417 g/mol. The van der Waals surface area contributed by atoms with E-state index in [1.807, 2.05) is 25.7 Å².